The average molecular weight is 416 g/mol. The summed E-state index contributed by atoms with van der Waals surface area (Å²) in [5.41, 5.74) is 2.36. The molecule has 4 rings (SSSR count). The summed E-state index contributed by atoms with van der Waals surface area (Å²) >= 11 is 0. The van der Waals surface area contributed by atoms with E-state index in [2.05, 4.69) is 10.3 Å². The number of amides is 3. The molecule has 3 amide bonds. The summed E-state index contributed by atoms with van der Waals surface area (Å²) < 4.78 is 1.48. The fourth-order valence-electron chi connectivity index (χ4n) is 3.40. The van der Waals surface area contributed by atoms with E-state index < -0.39 is 0 Å². The smallest absolute Gasteiger partial charge is 0.322 e. The van der Waals surface area contributed by atoms with Crippen LogP contribution in [0.15, 0.2) is 71.8 Å². The fourth-order valence-corrected chi connectivity index (χ4v) is 3.40. The molecule has 1 aliphatic rings. The fraction of sp³-hybridized carbons (Fsp3) is 0.174. The first-order valence-electron chi connectivity index (χ1n) is 9.83. The lowest BCUT2D eigenvalue weighted by molar-refractivity contribution is -0.139. The van der Waals surface area contributed by atoms with E-state index in [0.717, 1.165) is 11.1 Å². The number of nitrogens with one attached hydrogen (secondary N) is 1. The first-order valence-corrected chi connectivity index (χ1v) is 9.83. The second kappa shape index (κ2) is 8.74. The highest BCUT2D eigenvalue weighted by molar-refractivity contribution is 6.04. The van der Waals surface area contributed by atoms with Crippen LogP contribution in [-0.2, 0) is 22.7 Å². The maximum Gasteiger partial charge on any atom is 0.347 e. The molecule has 1 N–H and O–H groups in total. The van der Waals surface area contributed by atoms with Gasteiger partial charge in [0.05, 0.1) is 13.1 Å². The number of carbonyl (C=O) groups is 3. The predicted octanol–water partition coefficient (Wildman–Crippen LogP) is 2.19. The lowest BCUT2D eigenvalue weighted by atomic mass is 10.1. The molecule has 1 fully saturated rings. The minimum absolute atomic E-state index is 0.166. The van der Waals surface area contributed by atoms with E-state index in [-0.39, 0.29) is 42.8 Å². The molecule has 0 atom stereocenters. The maximum atomic E-state index is 12.6. The summed E-state index contributed by atoms with van der Waals surface area (Å²) in [6.07, 6.45) is 3.62. The summed E-state index contributed by atoms with van der Waals surface area (Å²) in [4.78, 5) is 52.9. The van der Waals surface area contributed by atoms with Crippen molar-refractivity contribution in [3.63, 3.8) is 0 Å². The Morgan fingerprint density at radius 1 is 0.903 bits per heavy atom. The Morgan fingerprint density at radius 3 is 2.35 bits per heavy atom. The molecular weight excluding hydrogens is 396 g/mol. The summed E-state index contributed by atoms with van der Waals surface area (Å²) in [6, 6.07) is 15.7. The van der Waals surface area contributed by atoms with Crippen LogP contribution in [0.4, 0.5) is 5.69 Å². The van der Waals surface area contributed by atoms with Gasteiger partial charge in [-0.15, -0.1) is 0 Å². The standard InChI is InChI=1S/C23H20N4O4/c28-20-9-10-21(29)27(20)15-16-5-7-18(8-6-16)22(30)25-19-4-1-3-17(13-19)14-26-12-2-11-24-23(26)31/h1-8,11-13H,9-10,14-15H2,(H,25,30). The number of rotatable bonds is 6. The highest BCUT2D eigenvalue weighted by atomic mass is 16.2. The Labute approximate surface area is 178 Å². The highest BCUT2D eigenvalue weighted by Gasteiger charge is 2.28. The summed E-state index contributed by atoms with van der Waals surface area (Å²) in [5, 5.41) is 2.85. The van der Waals surface area contributed by atoms with Crippen LogP contribution in [0.3, 0.4) is 0 Å². The van der Waals surface area contributed by atoms with E-state index >= 15 is 0 Å². The number of carbonyl (C=O) groups excluding carboxylic acids is 3. The number of imide groups is 1. The van der Waals surface area contributed by atoms with Gasteiger partial charge in [0.1, 0.15) is 0 Å². The first-order chi connectivity index (χ1) is 15.0. The van der Waals surface area contributed by atoms with Crippen molar-refractivity contribution in [1.82, 2.24) is 14.5 Å². The number of nitrogens with zero attached hydrogens (tertiary/aromatic N) is 3. The van der Waals surface area contributed by atoms with E-state index in [1.165, 1.54) is 15.7 Å². The van der Waals surface area contributed by atoms with Gasteiger partial charge in [-0.05, 0) is 41.5 Å². The van der Waals surface area contributed by atoms with Gasteiger partial charge < -0.3 is 5.32 Å². The minimum Gasteiger partial charge on any atom is -0.322 e. The van der Waals surface area contributed by atoms with Gasteiger partial charge in [0.2, 0.25) is 11.8 Å². The molecule has 2 heterocycles. The highest BCUT2D eigenvalue weighted by Crippen LogP contribution is 2.17. The molecular formula is C23H20N4O4. The normalized spacial score (nSPS) is 13.5. The summed E-state index contributed by atoms with van der Waals surface area (Å²) in [5.74, 6) is -0.615. The Bertz CT molecular complexity index is 1180. The third kappa shape index (κ3) is 4.75. The summed E-state index contributed by atoms with van der Waals surface area (Å²) in [6.45, 7) is 0.564. The van der Waals surface area contributed by atoms with Crippen LogP contribution in [0.25, 0.3) is 0 Å². The molecule has 0 spiro atoms. The van der Waals surface area contributed by atoms with Crippen LogP contribution in [0.2, 0.25) is 0 Å². The van der Waals surface area contributed by atoms with Crippen molar-refractivity contribution < 1.29 is 14.4 Å². The van der Waals surface area contributed by atoms with Crippen molar-refractivity contribution in [2.75, 3.05) is 5.32 Å². The van der Waals surface area contributed by atoms with Gasteiger partial charge in [-0.25, -0.2) is 9.78 Å². The van der Waals surface area contributed by atoms with Gasteiger partial charge >= 0.3 is 5.69 Å². The zero-order valence-electron chi connectivity index (χ0n) is 16.7. The lowest BCUT2D eigenvalue weighted by Gasteiger charge is -2.14. The van der Waals surface area contributed by atoms with Gasteiger partial charge in [0, 0.05) is 36.5 Å². The largest absolute Gasteiger partial charge is 0.347 e. The molecule has 0 radical (unpaired) electrons. The average Bonchev–Trinajstić information content (AvgIpc) is 3.08. The molecule has 156 valence electrons. The molecule has 8 nitrogen and oxygen atoms in total. The Hall–Kier alpha value is -4.07. The number of hydrogen-bond donors (Lipinski definition) is 1. The quantitative estimate of drug-likeness (QED) is 0.621. The predicted molar refractivity (Wildman–Crippen MR) is 113 cm³/mol. The Morgan fingerprint density at radius 2 is 1.65 bits per heavy atom. The van der Waals surface area contributed by atoms with Crippen LogP contribution in [0.1, 0.15) is 34.3 Å². The van der Waals surface area contributed by atoms with Crippen LogP contribution >= 0.6 is 0 Å². The van der Waals surface area contributed by atoms with Gasteiger partial charge in [0.15, 0.2) is 0 Å². The number of anilines is 1. The second-order valence-corrected chi connectivity index (χ2v) is 7.26. The van der Waals surface area contributed by atoms with Crippen molar-refractivity contribution in [2.24, 2.45) is 0 Å². The van der Waals surface area contributed by atoms with E-state index in [1.807, 2.05) is 6.07 Å². The van der Waals surface area contributed by atoms with E-state index in [4.69, 9.17) is 0 Å². The van der Waals surface area contributed by atoms with Gasteiger partial charge in [-0.2, -0.15) is 0 Å². The minimum atomic E-state index is -0.339. The molecule has 1 aromatic heterocycles. The van der Waals surface area contributed by atoms with Crippen molar-refractivity contribution >= 4 is 23.4 Å². The molecule has 0 bridgehead atoms. The summed E-state index contributed by atoms with van der Waals surface area (Å²) in [7, 11) is 0. The van der Waals surface area contributed by atoms with E-state index in [1.54, 1.807) is 54.7 Å². The Kier molecular flexibility index (Phi) is 5.70. The third-order valence-corrected chi connectivity index (χ3v) is 5.03. The molecule has 31 heavy (non-hydrogen) atoms. The monoisotopic (exact) mass is 416 g/mol. The van der Waals surface area contributed by atoms with Crippen LogP contribution in [-0.4, -0.2) is 32.2 Å². The maximum absolute atomic E-state index is 12.6. The van der Waals surface area contributed by atoms with E-state index in [0.29, 0.717) is 17.8 Å². The Balaban J connectivity index is 1.41. The number of hydrogen-bond acceptors (Lipinski definition) is 5. The second-order valence-electron chi connectivity index (χ2n) is 7.26. The van der Waals surface area contributed by atoms with Gasteiger partial charge in [-0.1, -0.05) is 24.3 Å². The molecule has 3 aromatic rings. The first kappa shape index (κ1) is 20.2. The van der Waals surface area contributed by atoms with Crippen molar-refractivity contribution in [3.8, 4) is 0 Å². The van der Waals surface area contributed by atoms with Crippen LogP contribution in [0.5, 0.6) is 0 Å². The molecule has 0 aliphatic carbocycles. The molecule has 0 saturated carbocycles. The van der Waals surface area contributed by atoms with Crippen molar-refractivity contribution in [1.29, 1.82) is 0 Å². The zero-order chi connectivity index (χ0) is 21.8. The molecule has 1 saturated heterocycles. The zero-order valence-corrected chi connectivity index (χ0v) is 16.7. The van der Waals surface area contributed by atoms with Gasteiger partial charge in [-0.3, -0.25) is 23.9 Å². The molecule has 0 unspecified atom stereocenters. The number of aromatic nitrogens is 2. The van der Waals surface area contributed by atoms with Crippen molar-refractivity contribution in [3.05, 3.63) is 94.2 Å². The molecule has 1 aliphatic heterocycles. The van der Waals surface area contributed by atoms with Crippen LogP contribution in [0, 0.1) is 0 Å². The topological polar surface area (TPSA) is 101 Å². The van der Waals surface area contributed by atoms with Crippen molar-refractivity contribution in [2.45, 2.75) is 25.9 Å². The SMILES string of the molecule is O=C(Nc1cccc(Cn2cccnc2=O)c1)c1ccc(CN2C(=O)CCC2=O)cc1. The third-order valence-electron chi connectivity index (χ3n) is 5.03. The molecule has 8 heteroatoms. The van der Waals surface area contributed by atoms with E-state index in [9.17, 15) is 19.2 Å². The number of likely N-dealkylation sites (tertiary alicyclic amines) is 1. The number of benzene rings is 2. The lowest BCUT2D eigenvalue weighted by Crippen LogP contribution is -2.28. The molecule has 2 aromatic carbocycles. The van der Waals surface area contributed by atoms with Crippen LogP contribution < -0.4 is 11.0 Å². The van der Waals surface area contributed by atoms with Gasteiger partial charge in [0.25, 0.3) is 5.91 Å².